The number of amides is 1. The fourth-order valence-electron chi connectivity index (χ4n) is 3.94. The Hall–Kier alpha value is -3.16. The number of rotatable bonds is 7. The van der Waals surface area contributed by atoms with Crippen LogP contribution < -0.4 is 15.4 Å². The highest BCUT2D eigenvalue weighted by molar-refractivity contribution is 5.85. The van der Waals surface area contributed by atoms with Crippen LogP contribution in [0.25, 0.3) is 0 Å². The van der Waals surface area contributed by atoms with Crippen LogP contribution in [0.4, 0.5) is 4.39 Å². The first kappa shape index (κ1) is 22.5. The van der Waals surface area contributed by atoms with Crippen LogP contribution in [-0.4, -0.2) is 49.4 Å². The summed E-state index contributed by atoms with van der Waals surface area (Å²) in [5.41, 5.74) is 0.413. The lowest BCUT2D eigenvalue weighted by atomic mass is 9.84. The number of nitrogens with zero attached hydrogens (tertiary/aromatic N) is 3. The van der Waals surface area contributed by atoms with Crippen LogP contribution in [0.3, 0.4) is 0 Å². The van der Waals surface area contributed by atoms with Crippen LogP contribution in [-0.2, 0) is 11.3 Å². The van der Waals surface area contributed by atoms with E-state index in [0.717, 1.165) is 31.2 Å². The third-order valence-electron chi connectivity index (χ3n) is 5.55. The zero-order valence-corrected chi connectivity index (χ0v) is 18.3. The van der Waals surface area contributed by atoms with Gasteiger partial charge in [-0.15, -0.1) is 0 Å². The predicted octanol–water partition coefficient (Wildman–Crippen LogP) is 3.33. The molecule has 1 aliphatic carbocycles. The summed E-state index contributed by atoms with van der Waals surface area (Å²) in [6, 6.07) is 9.64. The second-order valence-electron chi connectivity index (χ2n) is 7.99. The van der Waals surface area contributed by atoms with Gasteiger partial charge in [-0.1, -0.05) is 25.0 Å². The second kappa shape index (κ2) is 10.2. The third kappa shape index (κ3) is 5.71. The molecule has 0 aliphatic heterocycles. The molecule has 1 aromatic heterocycles. The number of guanidine groups is 1. The summed E-state index contributed by atoms with van der Waals surface area (Å²) < 4.78 is 19.2. The molecular weight excluding hydrogens is 397 g/mol. The minimum absolute atomic E-state index is 0.158. The van der Waals surface area contributed by atoms with Gasteiger partial charge >= 0.3 is 0 Å². The van der Waals surface area contributed by atoms with Gasteiger partial charge in [0, 0.05) is 52.1 Å². The minimum Gasteiger partial charge on any atom is -0.439 e. The number of hydrogen-bond donors (Lipinski definition) is 2. The number of hydrogen-bond acceptors (Lipinski definition) is 4. The van der Waals surface area contributed by atoms with E-state index in [2.05, 4.69) is 20.6 Å². The van der Waals surface area contributed by atoms with Crippen molar-refractivity contribution in [2.24, 2.45) is 10.4 Å². The van der Waals surface area contributed by atoms with Crippen molar-refractivity contribution < 1.29 is 13.9 Å². The maximum absolute atomic E-state index is 13.5. The predicted molar refractivity (Wildman–Crippen MR) is 119 cm³/mol. The number of halogens is 1. The van der Waals surface area contributed by atoms with Crippen molar-refractivity contribution in [2.45, 2.75) is 32.2 Å². The van der Waals surface area contributed by atoms with Gasteiger partial charge in [0.2, 0.25) is 11.8 Å². The molecule has 2 aromatic rings. The molecule has 166 valence electrons. The van der Waals surface area contributed by atoms with Crippen LogP contribution in [0.15, 0.2) is 47.6 Å². The molecule has 0 atom stereocenters. The molecule has 3 rings (SSSR count). The number of ether oxygens (including phenoxy) is 1. The maximum Gasteiger partial charge on any atom is 0.230 e. The molecule has 1 amide bonds. The van der Waals surface area contributed by atoms with Crippen molar-refractivity contribution in [1.29, 1.82) is 0 Å². The summed E-state index contributed by atoms with van der Waals surface area (Å²) in [6.07, 6.45) is 5.50. The molecule has 7 nitrogen and oxygen atoms in total. The summed E-state index contributed by atoms with van der Waals surface area (Å²) in [7, 11) is 5.30. The quantitative estimate of drug-likeness (QED) is 0.524. The molecular formula is C23H30FN5O2. The topological polar surface area (TPSA) is 78.9 Å². The highest BCUT2D eigenvalue weighted by Crippen LogP contribution is 2.38. The number of benzene rings is 1. The molecule has 31 heavy (non-hydrogen) atoms. The van der Waals surface area contributed by atoms with Crippen molar-refractivity contribution in [1.82, 2.24) is 20.5 Å². The molecule has 1 aromatic carbocycles. The maximum atomic E-state index is 13.5. The first-order chi connectivity index (χ1) is 14.9. The Bertz CT molecular complexity index is 926. The number of carbonyl (C=O) groups excluding carboxylic acids is 1. The highest BCUT2D eigenvalue weighted by atomic mass is 19.1. The first-order valence-corrected chi connectivity index (χ1v) is 10.5. The Morgan fingerprint density at radius 2 is 2.00 bits per heavy atom. The fourth-order valence-corrected chi connectivity index (χ4v) is 3.94. The van der Waals surface area contributed by atoms with Crippen LogP contribution in [0.5, 0.6) is 11.6 Å². The molecule has 0 saturated heterocycles. The van der Waals surface area contributed by atoms with E-state index in [0.29, 0.717) is 30.7 Å². The Morgan fingerprint density at radius 1 is 1.23 bits per heavy atom. The lowest BCUT2D eigenvalue weighted by Crippen LogP contribution is -2.49. The van der Waals surface area contributed by atoms with Crippen LogP contribution >= 0.6 is 0 Å². The normalized spacial score (nSPS) is 15.4. The first-order valence-electron chi connectivity index (χ1n) is 10.5. The van der Waals surface area contributed by atoms with Crippen molar-refractivity contribution in [3.8, 4) is 11.6 Å². The van der Waals surface area contributed by atoms with E-state index in [-0.39, 0.29) is 17.1 Å². The van der Waals surface area contributed by atoms with E-state index in [1.807, 2.05) is 12.1 Å². The zero-order valence-electron chi connectivity index (χ0n) is 18.3. The van der Waals surface area contributed by atoms with Gasteiger partial charge in [-0.3, -0.25) is 9.79 Å². The third-order valence-corrected chi connectivity index (χ3v) is 5.55. The van der Waals surface area contributed by atoms with E-state index < -0.39 is 0 Å². The molecule has 1 saturated carbocycles. The van der Waals surface area contributed by atoms with Crippen molar-refractivity contribution >= 4 is 11.9 Å². The summed E-state index contributed by atoms with van der Waals surface area (Å²) in [5.74, 6) is 1.16. The van der Waals surface area contributed by atoms with E-state index in [9.17, 15) is 9.18 Å². The number of pyridine rings is 1. The SMILES string of the molecule is CN=C(NCc1cccnc1Oc1cccc(F)c1)NCC1(C(=O)N(C)C)CCCC1. The molecule has 1 heterocycles. The standard InChI is InChI=1S/C23H30FN5O2/c1-25-22(28-16-23(11-4-5-12-23)21(30)29(2)3)27-15-17-8-7-13-26-20(17)31-19-10-6-9-18(24)14-19/h6-10,13-14H,4-5,11-12,15-16H2,1-3H3,(H2,25,27,28). The summed E-state index contributed by atoms with van der Waals surface area (Å²) in [6.45, 7) is 0.941. The van der Waals surface area contributed by atoms with Gasteiger partial charge in [-0.2, -0.15) is 0 Å². The second-order valence-corrected chi connectivity index (χ2v) is 7.99. The average molecular weight is 428 g/mol. The van der Waals surface area contributed by atoms with Gasteiger partial charge in [-0.25, -0.2) is 9.37 Å². The van der Waals surface area contributed by atoms with Gasteiger partial charge in [0.1, 0.15) is 11.6 Å². The van der Waals surface area contributed by atoms with Gasteiger partial charge in [0.05, 0.1) is 5.41 Å². The molecule has 1 aliphatic rings. The van der Waals surface area contributed by atoms with E-state index in [4.69, 9.17) is 4.74 Å². The minimum atomic E-state index is -0.388. The van der Waals surface area contributed by atoms with Crippen LogP contribution in [0, 0.1) is 11.2 Å². The largest absolute Gasteiger partial charge is 0.439 e. The van der Waals surface area contributed by atoms with Crippen LogP contribution in [0.1, 0.15) is 31.2 Å². The number of aromatic nitrogens is 1. The lowest BCUT2D eigenvalue weighted by molar-refractivity contribution is -0.138. The number of carbonyl (C=O) groups is 1. The van der Waals surface area contributed by atoms with Crippen molar-refractivity contribution in [3.63, 3.8) is 0 Å². The van der Waals surface area contributed by atoms with E-state index in [1.165, 1.54) is 12.1 Å². The Kier molecular flexibility index (Phi) is 7.44. The highest BCUT2D eigenvalue weighted by Gasteiger charge is 2.42. The molecule has 1 fully saturated rings. The summed E-state index contributed by atoms with van der Waals surface area (Å²) in [5, 5.41) is 6.57. The van der Waals surface area contributed by atoms with E-state index in [1.54, 1.807) is 44.4 Å². The molecule has 0 bridgehead atoms. The lowest BCUT2D eigenvalue weighted by Gasteiger charge is -2.31. The molecule has 0 unspecified atom stereocenters. The van der Waals surface area contributed by atoms with Gasteiger partial charge in [0.25, 0.3) is 0 Å². The smallest absolute Gasteiger partial charge is 0.230 e. The molecule has 0 spiro atoms. The molecule has 8 heteroatoms. The summed E-state index contributed by atoms with van der Waals surface area (Å²) in [4.78, 5) is 23.0. The van der Waals surface area contributed by atoms with Crippen molar-refractivity contribution in [3.05, 3.63) is 54.0 Å². The van der Waals surface area contributed by atoms with Crippen molar-refractivity contribution in [2.75, 3.05) is 27.7 Å². The summed E-state index contributed by atoms with van der Waals surface area (Å²) >= 11 is 0. The average Bonchev–Trinajstić information content (AvgIpc) is 3.24. The van der Waals surface area contributed by atoms with Gasteiger partial charge < -0.3 is 20.3 Å². The fraction of sp³-hybridized carbons (Fsp3) is 0.435. The van der Waals surface area contributed by atoms with Gasteiger partial charge in [-0.05, 0) is 31.0 Å². The molecule has 2 N–H and O–H groups in total. The number of nitrogens with one attached hydrogen (secondary N) is 2. The van der Waals surface area contributed by atoms with Gasteiger partial charge in [0.15, 0.2) is 5.96 Å². The monoisotopic (exact) mass is 427 g/mol. The Labute approximate surface area is 182 Å². The number of aliphatic imine (C=N–C) groups is 1. The Balaban J connectivity index is 1.63. The van der Waals surface area contributed by atoms with E-state index >= 15 is 0 Å². The molecule has 0 radical (unpaired) electrons. The zero-order chi connectivity index (χ0) is 22.3. The van der Waals surface area contributed by atoms with Crippen LogP contribution in [0.2, 0.25) is 0 Å². The Morgan fingerprint density at radius 3 is 2.68 bits per heavy atom.